The van der Waals surface area contributed by atoms with Gasteiger partial charge in [-0.2, -0.15) is 5.26 Å². The van der Waals surface area contributed by atoms with Gasteiger partial charge in [0.25, 0.3) is 0 Å². The average molecular weight is 220 g/mol. The minimum Gasteiger partial charge on any atom is -0.508 e. The fraction of sp³-hybridized carbons (Fsp3) is 0.273. The Morgan fingerprint density at radius 2 is 2.19 bits per heavy atom. The van der Waals surface area contributed by atoms with Gasteiger partial charge in [0.05, 0.1) is 25.2 Å². The predicted molar refractivity (Wildman–Crippen MR) is 56.4 cm³/mol. The van der Waals surface area contributed by atoms with E-state index in [-0.39, 0.29) is 18.7 Å². The van der Waals surface area contributed by atoms with Gasteiger partial charge in [-0.3, -0.25) is 4.79 Å². The molecule has 1 aromatic rings. The summed E-state index contributed by atoms with van der Waals surface area (Å²) in [7, 11) is 1.26. The van der Waals surface area contributed by atoms with Crippen molar-refractivity contribution in [2.45, 2.75) is 13.0 Å². The number of carbonyl (C=O) groups is 1. The number of hydrogen-bond acceptors (Lipinski definition) is 5. The highest BCUT2D eigenvalue weighted by molar-refractivity contribution is 5.74. The van der Waals surface area contributed by atoms with Crippen molar-refractivity contribution < 1.29 is 14.6 Å². The van der Waals surface area contributed by atoms with E-state index in [2.05, 4.69) is 4.74 Å². The molecule has 16 heavy (non-hydrogen) atoms. The van der Waals surface area contributed by atoms with E-state index in [0.29, 0.717) is 16.7 Å². The molecule has 0 saturated carbocycles. The lowest BCUT2D eigenvalue weighted by Crippen LogP contribution is -2.09. The molecule has 84 valence electrons. The second-order valence-electron chi connectivity index (χ2n) is 3.21. The molecule has 0 aliphatic carbocycles. The Labute approximate surface area is 93.1 Å². The summed E-state index contributed by atoms with van der Waals surface area (Å²) >= 11 is 0. The zero-order valence-electron chi connectivity index (χ0n) is 8.86. The normalized spacial score (nSPS) is 9.56. The highest BCUT2D eigenvalue weighted by atomic mass is 16.5. The van der Waals surface area contributed by atoms with Crippen LogP contribution in [-0.2, 0) is 22.5 Å². The van der Waals surface area contributed by atoms with Gasteiger partial charge in [0.15, 0.2) is 0 Å². The van der Waals surface area contributed by atoms with E-state index in [1.54, 1.807) is 0 Å². The van der Waals surface area contributed by atoms with E-state index >= 15 is 0 Å². The molecule has 0 radical (unpaired) electrons. The zero-order chi connectivity index (χ0) is 12.1. The molecular formula is C11H12N2O3. The maximum absolute atomic E-state index is 11.1. The standard InChI is InChI=1S/C11H12N2O3/c1-16-11(15)4-7-2-9(14)3-8(5-12)10(7)6-13/h2-3,14H,4-5,12H2,1H3. The monoisotopic (exact) mass is 220 g/mol. The Hall–Kier alpha value is -2.06. The number of nitrogens with zero attached hydrogens (tertiary/aromatic N) is 1. The van der Waals surface area contributed by atoms with E-state index in [4.69, 9.17) is 11.0 Å². The highest BCUT2D eigenvalue weighted by Crippen LogP contribution is 2.21. The number of esters is 1. The van der Waals surface area contributed by atoms with Gasteiger partial charge < -0.3 is 15.6 Å². The molecule has 0 aromatic heterocycles. The molecular weight excluding hydrogens is 208 g/mol. The van der Waals surface area contributed by atoms with Crippen LogP contribution >= 0.6 is 0 Å². The first-order valence-corrected chi connectivity index (χ1v) is 4.64. The second kappa shape index (κ2) is 5.14. The topological polar surface area (TPSA) is 96.3 Å². The molecule has 5 nitrogen and oxygen atoms in total. The van der Waals surface area contributed by atoms with Gasteiger partial charge in [-0.1, -0.05) is 0 Å². The lowest BCUT2D eigenvalue weighted by Gasteiger charge is -2.08. The van der Waals surface area contributed by atoms with Crippen LogP contribution in [0.25, 0.3) is 0 Å². The van der Waals surface area contributed by atoms with E-state index in [0.717, 1.165) is 0 Å². The summed E-state index contributed by atoms with van der Waals surface area (Å²) < 4.78 is 4.51. The molecule has 1 aromatic carbocycles. The van der Waals surface area contributed by atoms with Crippen LogP contribution in [0.3, 0.4) is 0 Å². The third-order valence-electron chi connectivity index (χ3n) is 2.18. The number of rotatable bonds is 3. The molecule has 5 heteroatoms. The number of benzene rings is 1. The fourth-order valence-electron chi connectivity index (χ4n) is 1.42. The number of aromatic hydroxyl groups is 1. The predicted octanol–water partition coefficient (Wildman–Crippen LogP) is 0.438. The first-order chi connectivity index (χ1) is 7.62. The third kappa shape index (κ3) is 2.49. The first-order valence-electron chi connectivity index (χ1n) is 4.64. The number of hydrogen-bond donors (Lipinski definition) is 2. The molecule has 0 unspecified atom stereocenters. The lowest BCUT2D eigenvalue weighted by atomic mass is 9.99. The summed E-state index contributed by atoms with van der Waals surface area (Å²) in [5.41, 5.74) is 6.71. The largest absolute Gasteiger partial charge is 0.508 e. The van der Waals surface area contributed by atoms with Crippen LogP contribution < -0.4 is 5.73 Å². The maximum Gasteiger partial charge on any atom is 0.310 e. The van der Waals surface area contributed by atoms with Crippen molar-refractivity contribution in [2.24, 2.45) is 5.73 Å². The number of carbonyl (C=O) groups excluding carboxylic acids is 1. The molecule has 0 fully saturated rings. The second-order valence-corrected chi connectivity index (χ2v) is 3.21. The van der Waals surface area contributed by atoms with Crippen molar-refractivity contribution in [2.75, 3.05) is 7.11 Å². The van der Waals surface area contributed by atoms with Gasteiger partial charge in [-0.15, -0.1) is 0 Å². The van der Waals surface area contributed by atoms with Gasteiger partial charge in [0.1, 0.15) is 5.75 Å². The van der Waals surface area contributed by atoms with Crippen LogP contribution in [0.15, 0.2) is 12.1 Å². The highest BCUT2D eigenvalue weighted by Gasteiger charge is 2.13. The van der Waals surface area contributed by atoms with Gasteiger partial charge in [0.2, 0.25) is 0 Å². The fourth-order valence-corrected chi connectivity index (χ4v) is 1.42. The van der Waals surface area contributed by atoms with Crippen LogP contribution in [0, 0.1) is 11.3 Å². The quantitative estimate of drug-likeness (QED) is 0.720. The van der Waals surface area contributed by atoms with Crippen molar-refractivity contribution in [1.29, 1.82) is 5.26 Å². The van der Waals surface area contributed by atoms with Crippen molar-refractivity contribution in [1.82, 2.24) is 0 Å². The third-order valence-corrected chi connectivity index (χ3v) is 2.18. The van der Waals surface area contributed by atoms with Crippen LogP contribution in [-0.4, -0.2) is 18.2 Å². The van der Waals surface area contributed by atoms with Crippen LogP contribution in [0.2, 0.25) is 0 Å². The first kappa shape index (κ1) is 12.0. The smallest absolute Gasteiger partial charge is 0.310 e. The SMILES string of the molecule is COC(=O)Cc1cc(O)cc(CN)c1C#N. The summed E-state index contributed by atoms with van der Waals surface area (Å²) in [5, 5.41) is 18.4. The molecule has 0 saturated heterocycles. The Morgan fingerprint density at radius 3 is 2.69 bits per heavy atom. The van der Waals surface area contributed by atoms with Gasteiger partial charge >= 0.3 is 5.97 Å². The van der Waals surface area contributed by atoms with E-state index in [9.17, 15) is 9.90 Å². The Morgan fingerprint density at radius 1 is 1.56 bits per heavy atom. The van der Waals surface area contributed by atoms with Crippen molar-refractivity contribution in [3.8, 4) is 11.8 Å². The lowest BCUT2D eigenvalue weighted by molar-refractivity contribution is -0.139. The molecule has 1 rings (SSSR count). The molecule has 0 heterocycles. The summed E-state index contributed by atoms with van der Waals surface area (Å²) in [4.78, 5) is 11.1. The average Bonchev–Trinajstić information content (AvgIpc) is 2.28. The molecule has 0 aliphatic rings. The summed E-state index contributed by atoms with van der Waals surface area (Å²) in [6.45, 7) is 0.130. The van der Waals surface area contributed by atoms with Gasteiger partial charge in [-0.25, -0.2) is 0 Å². The minimum atomic E-state index is -0.468. The van der Waals surface area contributed by atoms with Gasteiger partial charge in [0, 0.05) is 6.54 Å². The number of nitrogens with two attached hydrogens (primary N) is 1. The maximum atomic E-state index is 11.1. The van der Waals surface area contributed by atoms with Crippen LogP contribution in [0.5, 0.6) is 5.75 Å². The Bertz CT molecular complexity index is 449. The molecule has 0 aliphatic heterocycles. The Kier molecular flexibility index (Phi) is 3.86. The van der Waals surface area contributed by atoms with Crippen LogP contribution in [0.1, 0.15) is 16.7 Å². The number of ether oxygens (including phenoxy) is 1. The van der Waals surface area contributed by atoms with E-state index in [1.165, 1.54) is 19.2 Å². The summed E-state index contributed by atoms with van der Waals surface area (Å²) in [5.74, 6) is -0.483. The summed E-state index contributed by atoms with van der Waals surface area (Å²) in [6.07, 6.45) is -0.0548. The Balaban J connectivity index is 3.21. The molecule has 0 bridgehead atoms. The number of nitriles is 1. The molecule has 3 N–H and O–H groups in total. The van der Waals surface area contributed by atoms with Crippen molar-refractivity contribution in [3.05, 3.63) is 28.8 Å². The zero-order valence-corrected chi connectivity index (χ0v) is 8.86. The number of phenolic OH excluding ortho intramolecular Hbond substituents is 1. The minimum absolute atomic E-state index is 0.0154. The molecule has 0 atom stereocenters. The van der Waals surface area contributed by atoms with Crippen molar-refractivity contribution in [3.63, 3.8) is 0 Å². The van der Waals surface area contributed by atoms with Crippen LogP contribution in [0.4, 0.5) is 0 Å². The van der Waals surface area contributed by atoms with E-state index < -0.39 is 5.97 Å². The molecule has 0 amide bonds. The number of methoxy groups -OCH3 is 1. The van der Waals surface area contributed by atoms with E-state index in [1.807, 2.05) is 6.07 Å². The molecule has 0 spiro atoms. The number of phenols is 1. The summed E-state index contributed by atoms with van der Waals surface area (Å²) in [6, 6.07) is 4.76. The van der Waals surface area contributed by atoms with Gasteiger partial charge in [-0.05, 0) is 23.3 Å². The van der Waals surface area contributed by atoms with Crippen molar-refractivity contribution >= 4 is 5.97 Å².